The zero-order valence-electron chi connectivity index (χ0n) is 12.2. The van der Waals surface area contributed by atoms with E-state index in [0.29, 0.717) is 30.5 Å². The van der Waals surface area contributed by atoms with E-state index in [-0.39, 0.29) is 12.1 Å². The van der Waals surface area contributed by atoms with Gasteiger partial charge in [0.15, 0.2) is 0 Å². The Labute approximate surface area is 128 Å². The zero-order valence-corrected chi connectivity index (χ0v) is 12.2. The first kappa shape index (κ1) is 14.1. The van der Waals surface area contributed by atoms with Gasteiger partial charge in [-0.25, -0.2) is 14.8 Å². The third-order valence-electron chi connectivity index (χ3n) is 3.42. The van der Waals surface area contributed by atoms with Crippen molar-refractivity contribution < 1.29 is 9.53 Å². The number of anilines is 2. The van der Waals surface area contributed by atoms with E-state index in [1.807, 2.05) is 24.3 Å². The van der Waals surface area contributed by atoms with Crippen LogP contribution < -0.4 is 15.4 Å². The lowest BCUT2D eigenvalue weighted by atomic mass is 10.1. The van der Waals surface area contributed by atoms with Gasteiger partial charge in [-0.15, -0.1) is 0 Å². The fraction of sp³-hybridized carbons (Fsp3) is 0.267. The van der Waals surface area contributed by atoms with Crippen LogP contribution in [0.4, 0.5) is 16.4 Å². The number of benzene rings is 1. The van der Waals surface area contributed by atoms with E-state index in [9.17, 15) is 4.79 Å². The topological polar surface area (TPSA) is 79.4 Å². The molecule has 0 bridgehead atoms. The van der Waals surface area contributed by atoms with Crippen LogP contribution in [-0.2, 0) is 0 Å². The summed E-state index contributed by atoms with van der Waals surface area (Å²) in [5.74, 6) is 1.22. The molecule has 0 spiro atoms. The first-order chi connectivity index (χ1) is 10.8. The van der Waals surface area contributed by atoms with Crippen molar-refractivity contribution in [3.05, 3.63) is 42.7 Å². The Morgan fingerprint density at radius 2 is 1.95 bits per heavy atom. The van der Waals surface area contributed by atoms with Gasteiger partial charge in [0.25, 0.3) is 0 Å². The summed E-state index contributed by atoms with van der Waals surface area (Å²) in [5.41, 5.74) is 0.665. The standard InChI is InChI=1S/C15H17N5O2/c1-22-13-6-3-2-5-12(13)19-15(21)20-9-11(10-20)18-14-16-7-4-8-17-14/h2-8,11H,9-10H2,1H3,(H,19,21)(H,16,17,18). The number of hydrogen-bond acceptors (Lipinski definition) is 5. The number of ether oxygens (including phenoxy) is 1. The van der Waals surface area contributed by atoms with Crippen molar-refractivity contribution in [1.82, 2.24) is 14.9 Å². The van der Waals surface area contributed by atoms with E-state index in [2.05, 4.69) is 20.6 Å². The number of aromatic nitrogens is 2. The van der Waals surface area contributed by atoms with Crippen molar-refractivity contribution in [2.24, 2.45) is 0 Å². The van der Waals surface area contributed by atoms with E-state index in [1.54, 1.807) is 30.5 Å². The summed E-state index contributed by atoms with van der Waals surface area (Å²) in [5, 5.41) is 6.03. The van der Waals surface area contributed by atoms with Crippen molar-refractivity contribution in [3.8, 4) is 5.75 Å². The van der Waals surface area contributed by atoms with Crippen molar-refractivity contribution in [1.29, 1.82) is 0 Å². The normalized spacial score (nSPS) is 14.1. The van der Waals surface area contributed by atoms with Crippen LogP contribution in [0.1, 0.15) is 0 Å². The van der Waals surface area contributed by atoms with E-state index in [1.165, 1.54) is 0 Å². The molecule has 2 amide bonds. The lowest BCUT2D eigenvalue weighted by Crippen LogP contribution is -2.58. The number of methoxy groups -OCH3 is 1. The van der Waals surface area contributed by atoms with Gasteiger partial charge in [-0.1, -0.05) is 12.1 Å². The maximum atomic E-state index is 12.2. The Balaban J connectivity index is 1.51. The summed E-state index contributed by atoms with van der Waals surface area (Å²) >= 11 is 0. The van der Waals surface area contributed by atoms with Crippen molar-refractivity contribution in [2.75, 3.05) is 30.8 Å². The number of urea groups is 1. The van der Waals surface area contributed by atoms with E-state index in [0.717, 1.165) is 0 Å². The van der Waals surface area contributed by atoms with Crippen molar-refractivity contribution in [3.63, 3.8) is 0 Å². The lowest BCUT2D eigenvalue weighted by Gasteiger charge is -2.39. The van der Waals surface area contributed by atoms with Gasteiger partial charge < -0.3 is 20.3 Å². The van der Waals surface area contributed by atoms with Crippen LogP contribution in [0, 0.1) is 0 Å². The second-order valence-electron chi connectivity index (χ2n) is 4.95. The number of nitrogens with one attached hydrogen (secondary N) is 2. The van der Waals surface area contributed by atoms with Crippen molar-refractivity contribution in [2.45, 2.75) is 6.04 Å². The number of likely N-dealkylation sites (tertiary alicyclic amines) is 1. The van der Waals surface area contributed by atoms with Gasteiger partial charge in [0.2, 0.25) is 5.95 Å². The van der Waals surface area contributed by atoms with Gasteiger partial charge in [0.1, 0.15) is 5.75 Å². The maximum absolute atomic E-state index is 12.2. The van der Waals surface area contributed by atoms with Gasteiger partial charge in [0.05, 0.1) is 18.8 Å². The molecular formula is C15H17N5O2. The lowest BCUT2D eigenvalue weighted by molar-refractivity contribution is 0.171. The molecule has 1 saturated heterocycles. The van der Waals surface area contributed by atoms with Gasteiger partial charge in [-0.05, 0) is 18.2 Å². The molecule has 1 aliphatic rings. The molecule has 0 unspecified atom stereocenters. The summed E-state index contributed by atoms with van der Waals surface area (Å²) in [7, 11) is 1.58. The molecule has 0 atom stereocenters. The number of rotatable bonds is 4. The number of hydrogen-bond donors (Lipinski definition) is 2. The molecule has 2 N–H and O–H groups in total. The number of amides is 2. The molecular weight excluding hydrogens is 282 g/mol. The molecule has 2 heterocycles. The Morgan fingerprint density at radius 1 is 1.23 bits per heavy atom. The van der Waals surface area contributed by atoms with Gasteiger partial charge >= 0.3 is 6.03 Å². The first-order valence-corrected chi connectivity index (χ1v) is 6.99. The number of nitrogens with zero attached hydrogens (tertiary/aromatic N) is 3. The second kappa shape index (κ2) is 6.30. The number of para-hydroxylation sites is 2. The van der Waals surface area contributed by atoms with E-state index in [4.69, 9.17) is 4.74 Å². The highest BCUT2D eigenvalue weighted by molar-refractivity contribution is 5.91. The Kier molecular flexibility index (Phi) is 4.04. The molecule has 2 aromatic rings. The highest BCUT2D eigenvalue weighted by Crippen LogP contribution is 2.24. The van der Waals surface area contributed by atoms with Crippen LogP contribution in [0.25, 0.3) is 0 Å². The van der Waals surface area contributed by atoms with Crippen LogP contribution in [0.2, 0.25) is 0 Å². The minimum Gasteiger partial charge on any atom is -0.495 e. The quantitative estimate of drug-likeness (QED) is 0.900. The van der Waals surface area contributed by atoms with E-state index >= 15 is 0 Å². The van der Waals surface area contributed by atoms with Crippen LogP contribution in [0.3, 0.4) is 0 Å². The predicted octanol–water partition coefficient (Wildman–Crippen LogP) is 1.81. The molecule has 0 aliphatic carbocycles. The SMILES string of the molecule is COc1ccccc1NC(=O)N1CC(Nc2ncccn2)C1. The third kappa shape index (κ3) is 3.08. The molecule has 1 fully saturated rings. The monoisotopic (exact) mass is 299 g/mol. The molecule has 1 aromatic carbocycles. The summed E-state index contributed by atoms with van der Waals surface area (Å²) in [6, 6.07) is 9.12. The minimum atomic E-state index is -0.142. The summed E-state index contributed by atoms with van der Waals surface area (Å²) in [6.45, 7) is 1.22. The molecule has 7 nitrogen and oxygen atoms in total. The fourth-order valence-electron chi connectivity index (χ4n) is 2.23. The predicted molar refractivity (Wildman–Crippen MR) is 83.0 cm³/mol. The van der Waals surface area contributed by atoms with Crippen LogP contribution in [0.5, 0.6) is 5.75 Å². The highest BCUT2D eigenvalue weighted by Gasteiger charge is 2.31. The zero-order chi connectivity index (χ0) is 15.4. The van der Waals surface area contributed by atoms with Gasteiger partial charge in [0, 0.05) is 25.5 Å². The molecule has 114 valence electrons. The molecule has 0 radical (unpaired) electrons. The average molecular weight is 299 g/mol. The molecule has 3 rings (SSSR count). The Morgan fingerprint density at radius 3 is 2.68 bits per heavy atom. The van der Waals surface area contributed by atoms with Gasteiger partial charge in [-0.2, -0.15) is 0 Å². The molecule has 0 saturated carbocycles. The van der Waals surface area contributed by atoms with Crippen molar-refractivity contribution >= 4 is 17.7 Å². The summed E-state index contributed by atoms with van der Waals surface area (Å²) in [4.78, 5) is 22.1. The largest absolute Gasteiger partial charge is 0.495 e. The molecule has 22 heavy (non-hydrogen) atoms. The Bertz CT molecular complexity index is 643. The minimum absolute atomic E-state index is 0.142. The molecule has 1 aliphatic heterocycles. The summed E-state index contributed by atoms with van der Waals surface area (Å²) < 4.78 is 5.22. The van der Waals surface area contributed by atoms with Gasteiger partial charge in [-0.3, -0.25) is 0 Å². The molecule has 7 heteroatoms. The van der Waals surface area contributed by atoms with E-state index < -0.39 is 0 Å². The second-order valence-corrected chi connectivity index (χ2v) is 4.95. The molecule has 1 aromatic heterocycles. The number of carbonyl (C=O) groups excluding carboxylic acids is 1. The maximum Gasteiger partial charge on any atom is 0.322 e. The number of carbonyl (C=O) groups is 1. The first-order valence-electron chi connectivity index (χ1n) is 6.99. The highest BCUT2D eigenvalue weighted by atomic mass is 16.5. The van der Waals surface area contributed by atoms with Crippen LogP contribution in [0.15, 0.2) is 42.7 Å². The van der Waals surface area contributed by atoms with Crippen LogP contribution in [-0.4, -0.2) is 47.1 Å². The fourth-order valence-corrected chi connectivity index (χ4v) is 2.23. The van der Waals surface area contributed by atoms with Crippen LogP contribution >= 0.6 is 0 Å². The average Bonchev–Trinajstić information content (AvgIpc) is 2.52. The summed E-state index contributed by atoms with van der Waals surface area (Å²) in [6.07, 6.45) is 3.36. The Hall–Kier alpha value is -2.83. The third-order valence-corrected chi connectivity index (χ3v) is 3.42. The smallest absolute Gasteiger partial charge is 0.322 e.